The summed E-state index contributed by atoms with van der Waals surface area (Å²) >= 11 is 0. The van der Waals surface area contributed by atoms with Gasteiger partial charge in [-0.05, 0) is 19.3 Å². The standard InChI is InChI=1S/C18H30N2/c1-18(2,3)15-19-17(16-10-6-4-7-11-16)14-20-12-8-5-9-13-20/h4,6-7,10-11,17,19H,5,8-9,12-15H2,1-3H3/p+2/t17-/m0/s1. The average molecular weight is 276 g/mol. The van der Waals surface area contributed by atoms with Crippen LogP contribution in [0.25, 0.3) is 0 Å². The van der Waals surface area contributed by atoms with Gasteiger partial charge < -0.3 is 10.2 Å². The third-order valence-corrected chi connectivity index (χ3v) is 4.31. The van der Waals surface area contributed by atoms with Gasteiger partial charge in [0, 0.05) is 11.0 Å². The highest BCUT2D eigenvalue weighted by atomic mass is 15.2. The van der Waals surface area contributed by atoms with Crippen LogP contribution >= 0.6 is 0 Å². The maximum atomic E-state index is 2.57. The second-order valence-corrected chi connectivity index (χ2v) is 7.53. The molecule has 1 aromatic rings. The number of nitrogens with one attached hydrogen (secondary N) is 1. The molecule has 2 heteroatoms. The molecule has 0 unspecified atom stereocenters. The van der Waals surface area contributed by atoms with Crippen molar-refractivity contribution in [3.05, 3.63) is 35.9 Å². The van der Waals surface area contributed by atoms with Crippen LogP contribution in [-0.2, 0) is 0 Å². The van der Waals surface area contributed by atoms with Gasteiger partial charge in [-0.1, -0.05) is 51.1 Å². The number of rotatable bonds is 5. The Labute approximate surface area is 124 Å². The molecule has 2 nitrogen and oxygen atoms in total. The molecule has 0 radical (unpaired) electrons. The van der Waals surface area contributed by atoms with Gasteiger partial charge in [0.15, 0.2) is 6.04 Å². The van der Waals surface area contributed by atoms with Crippen LogP contribution in [0.1, 0.15) is 51.6 Å². The number of piperidine rings is 1. The Morgan fingerprint density at radius 2 is 1.70 bits per heavy atom. The number of likely N-dealkylation sites (tertiary alicyclic amines) is 1. The molecular weight excluding hydrogens is 244 g/mol. The number of benzene rings is 1. The predicted octanol–water partition coefficient (Wildman–Crippen LogP) is 1.41. The van der Waals surface area contributed by atoms with Gasteiger partial charge in [-0.25, -0.2) is 0 Å². The lowest BCUT2D eigenvalue weighted by atomic mass is 9.95. The largest absolute Gasteiger partial charge is 0.335 e. The maximum absolute atomic E-state index is 2.57. The van der Waals surface area contributed by atoms with Gasteiger partial charge in [0.25, 0.3) is 0 Å². The Bertz CT molecular complexity index is 374. The van der Waals surface area contributed by atoms with Crippen molar-refractivity contribution >= 4 is 0 Å². The molecule has 1 atom stereocenters. The first-order valence-corrected chi connectivity index (χ1v) is 8.26. The van der Waals surface area contributed by atoms with Crippen LogP contribution < -0.4 is 10.2 Å². The van der Waals surface area contributed by atoms with E-state index in [1.807, 2.05) is 0 Å². The summed E-state index contributed by atoms with van der Waals surface area (Å²) < 4.78 is 0. The zero-order valence-electron chi connectivity index (χ0n) is 13.5. The van der Waals surface area contributed by atoms with E-state index in [1.165, 1.54) is 51.0 Å². The van der Waals surface area contributed by atoms with Gasteiger partial charge in [-0.3, -0.25) is 0 Å². The summed E-state index contributed by atoms with van der Waals surface area (Å²) in [5.74, 6) is 0. The fraction of sp³-hybridized carbons (Fsp3) is 0.667. The van der Waals surface area contributed by atoms with Gasteiger partial charge in [0.1, 0.15) is 6.54 Å². The number of quaternary nitrogens is 2. The molecule has 0 aliphatic carbocycles. The third kappa shape index (κ3) is 5.26. The Hall–Kier alpha value is -0.860. The average Bonchev–Trinajstić information content (AvgIpc) is 2.44. The van der Waals surface area contributed by atoms with E-state index in [2.05, 4.69) is 56.4 Å². The first-order chi connectivity index (χ1) is 9.54. The molecular formula is C18H32N2+2. The van der Waals surface area contributed by atoms with E-state index in [0.29, 0.717) is 11.5 Å². The molecule has 1 aliphatic rings. The Kier molecular flexibility index (Phi) is 5.62. The predicted molar refractivity (Wildman–Crippen MR) is 84.8 cm³/mol. The minimum absolute atomic E-state index is 0.393. The highest BCUT2D eigenvalue weighted by molar-refractivity contribution is 5.16. The van der Waals surface area contributed by atoms with Gasteiger partial charge in [-0.2, -0.15) is 0 Å². The monoisotopic (exact) mass is 276 g/mol. The van der Waals surface area contributed by atoms with Crippen LogP contribution in [0.5, 0.6) is 0 Å². The van der Waals surface area contributed by atoms with E-state index in [-0.39, 0.29) is 0 Å². The van der Waals surface area contributed by atoms with Crippen LogP contribution in [0.4, 0.5) is 0 Å². The van der Waals surface area contributed by atoms with E-state index in [4.69, 9.17) is 0 Å². The van der Waals surface area contributed by atoms with Crippen molar-refractivity contribution in [1.82, 2.24) is 0 Å². The first-order valence-electron chi connectivity index (χ1n) is 8.26. The lowest BCUT2D eigenvalue weighted by Crippen LogP contribution is -3.15. The van der Waals surface area contributed by atoms with Crippen LogP contribution in [0.15, 0.2) is 30.3 Å². The normalized spacial score (nSPS) is 18.9. The van der Waals surface area contributed by atoms with Crippen LogP contribution in [0, 0.1) is 5.41 Å². The van der Waals surface area contributed by atoms with E-state index < -0.39 is 0 Å². The fourth-order valence-corrected chi connectivity index (χ4v) is 3.10. The van der Waals surface area contributed by atoms with Crippen LogP contribution in [0.2, 0.25) is 0 Å². The Morgan fingerprint density at radius 1 is 1.05 bits per heavy atom. The summed E-state index contributed by atoms with van der Waals surface area (Å²) in [5, 5.41) is 2.57. The van der Waals surface area contributed by atoms with Gasteiger partial charge in [-0.15, -0.1) is 0 Å². The van der Waals surface area contributed by atoms with E-state index in [0.717, 1.165) is 0 Å². The molecule has 1 aromatic carbocycles. The summed E-state index contributed by atoms with van der Waals surface area (Å²) in [5.41, 5.74) is 1.89. The van der Waals surface area contributed by atoms with Gasteiger partial charge in [0.2, 0.25) is 0 Å². The SMILES string of the molecule is CC(C)(C)C[NH2+][C@@H](C[NH+]1CCCCC1)c1ccccc1. The summed E-state index contributed by atoms with van der Waals surface area (Å²) in [6.45, 7) is 12.2. The maximum Gasteiger partial charge on any atom is 0.161 e. The number of nitrogens with two attached hydrogens (primary N) is 1. The van der Waals surface area contributed by atoms with Crippen molar-refractivity contribution in [2.75, 3.05) is 26.2 Å². The van der Waals surface area contributed by atoms with Crippen LogP contribution in [0.3, 0.4) is 0 Å². The van der Waals surface area contributed by atoms with Crippen molar-refractivity contribution in [2.45, 2.75) is 46.1 Å². The van der Waals surface area contributed by atoms with Gasteiger partial charge in [0.05, 0.1) is 19.6 Å². The molecule has 0 aromatic heterocycles. The van der Waals surface area contributed by atoms with Crippen molar-refractivity contribution in [2.24, 2.45) is 5.41 Å². The highest BCUT2D eigenvalue weighted by Crippen LogP contribution is 2.11. The summed E-state index contributed by atoms with van der Waals surface area (Å²) in [6, 6.07) is 11.7. The lowest BCUT2D eigenvalue weighted by molar-refractivity contribution is -0.926. The second kappa shape index (κ2) is 7.24. The minimum Gasteiger partial charge on any atom is -0.335 e. The molecule has 1 aliphatic heterocycles. The molecule has 0 saturated carbocycles. The molecule has 112 valence electrons. The summed E-state index contributed by atoms with van der Waals surface area (Å²) in [6.07, 6.45) is 4.26. The lowest BCUT2D eigenvalue weighted by Gasteiger charge is -2.28. The van der Waals surface area contributed by atoms with E-state index in [9.17, 15) is 0 Å². The van der Waals surface area contributed by atoms with Crippen molar-refractivity contribution < 1.29 is 10.2 Å². The second-order valence-electron chi connectivity index (χ2n) is 7.53. The smallest absolute Gasteiger partial charge is 0.161 e. The Balaban J connectivity index is 1.99. The first kappa shape index (κ1) is 15.5. The molecule has 0 bridgehead atoms. The molecule has 3 N–H and O–H groups in total. The topological polar surface area (TPSA) is 21.1 Å². The van der Waals surface area contributed by atoms with E-state index >= 15 is 0 Å². The zero-order valence-corrected chi connectivity index (χ0v) is 13.5. The molecule has 1 heterocycles. The molecule has 2 rings (SSSR count). The zero-order chi connectivity index (χ0) is 14.4. The van der Waals surface area contributed by atoms with Crippen molar-refractivity contribution in [1.29, 1.82) is 0 Å². The molecule has 1 saturated heterocycles. The third-order valence-electron chi connectivity index (χ3n) is 4.31. The molecule has 20 heavy (non-hydrogen) atoms. The van der Waals surface area contributed by atoms with Gasteiger partial charge >= 0.3 is 0 Å². The Morgan fingerprint density at radius 3 is 2.30 bits per heavy atom. The molecule has 0 spiro atoms. The summed E-state index contributed by atoms with van der Waals surface area (Å²) in [4.78, 5) is 1.80. The number of hydrogen-bond acceptors (Lipinski definition) is 0. The summed E-state index contributed by atoms with van der Waals surface area (Å²) in [7, 11) is 0. The van der Waals surface area contributed by atoms with Crippen molar-refractivity contribution in [3.63, 3.8) is 0 Å². The molecule has 1 fully saturated rings. The van der Waals surface area contributed by atoms with E-state index in [1.54, 1.807) is 4.90 Å². The van der Waals surface area contributed by atoms with Crippen molar-refractivity contribution in [3.8, 4) is 0 Å². The fourth-order valence-electron chi connectivity index (χ4n) is 3.10. The minimum atomic E-state index is 0.393. The van der Waals surface area contributed by atoms with Crippen LogP contribution in [-0.4, -0.2) is 26.2 Å². The number of hydrogen-bond donors (Lipinski definition) is 2. The highest BCUT2D eigenvalue weighted by Gasteiger charge is 2.25. The quantitative estimate of drug-likeness (QED) is 0.811. The molecule has 0 amide bonds.